The molecule has 5 rings (SSSR count). The lowest BCUT2D eigenvalue weighted by Crippen LogP contribution is -2.30. The molecule has 0 aliphatic carbocycles. The fourth-order valence-electron chi connectivity index (χ4n) is 4.19. The molecule has 0 spiro atoms. The first kappa shape index (κ1) is 27.7. The monoisotopic (exact) mass is 563 g/mol. The Morgan fingerprint density at radius 3 is 2.34 bits per heavy atom. The van der Waals surface area contributed by atoms with Crippen molar-refractivity contribution in [2.75, 3.05) is 20.3 Å². The van der Waals surface area contributed by atoms with E-state index in [-0.39, 0.29) is 18.4 Å². The second-order valence-corrected chi connectivity index (χ2v) is 10.2. The molecule has 41 heavy (non-hydrogen) atoms. The molecular formula is C33H29N3O4S. The minimum atomic E-state index is -0.221. The van der Waals surface area contributed by atoms with Crippen LogP contribution in [0.1, 0.15) is 11.1 Å². The Hall–Kier alpha value is -4.82. The number of rotatable bonds is 10. The topological polar surface area (TPSA) is 89.0 Å². The van der Waals surface area contributed by atoms with Gasteiger partial charge in [0.25, 0.3) is 11.8 Å². The van der Waals surface area contributed by atoms with E-state index in [0.29, 0.717) is 28.1 Å². The number of aliphatic imine (C=N–C) groups is 1. The maximum Gasteiger partial charge on any atom is 0.264 e. The molecule has 1 saturated heterocycles. The zero-order valence-corrected chi connectivity index (χ0v) is 23.3. The number of benzene rings is 4. The largest absolute Gasteiger partial charge is 0.493 e. The van der Waals surface area contributed by atoms with Gasteiger partial charge in [0.15, 0.2) is 23.3 Å². The number of amidine groups is 1. The lowest BCUT2D eigenvalue weighted by molar-refractivity contribution is -0.123. The molecule has 0 radical (unpaired) electrons. The van der Waals surface area contributed by atoms with Crippen LogP contribution in [0.2, 0.25) is 0 Å². The van der Waals surface area contributed by atoms with E-state index in [0.717, 1.165) is 34.4 Å². The van der Waals surface area contributed by atoms with Gasteiger partial charge < -0.3 is 20.1 Å². The number of hydrogen-bond acceptors (Lipinski definition) is 6. The van der Waals surface area contributed by atoms with E-state index in [2.05, 4.69) is 27.8 Å². The van der Waals surface area contributed by atoms with E-state index in [1.165, 1.54) is 18.9 Å². The summed E-state index contributed by atoms with van der Waals surface area (Å²) >= 11 is 1.27. The number of ether oxygens (including phenoxy) is 2. The summed E-state index contributed by atoms with van der Waals surface area (Å²) in [5.74, 6) is 0.473. The second-order valence-electron chi connectivity index (χ2n) is 9.18. The van der Waals surface area contributed by atoms with Crippen LogP contribution in [0.4, 0.5) is 5.69 Å². The Morgan fingerprint density at radius 2 is 1.61 bits per heavy atom. The fraction of sp³-hybridized carbons (Fsp3) is 0.121. The molecule has 4 aromatic carbocycles. The van der Waals surface area contributed by atoms with Crippen LogP contribution < -0.4 is 20.1 Å². The summed E-state index contributed by atoms with van der Waals surface area (Å²) in [6.45, 7) is 0.399. The quantitative estimate of drug-likeness (QED) is 0.231. The Kier molecular flexibility index (Phi) is 9.13. The van der Waals surface area contributed by atoms with Crippen LogP contribution >= 0.6 is 11.8 Å². The first-order valence-electron chi connectivity index (χ1n) is 13.1. The number of nitrogens with one attached hydrogen (secondary N) is 2. The fourth-order valence-corrected chi connectivity index (χ4v) is 5.03. The average molecular weight is 564 g/mol. The highest BCUT2D eigenvalue weighted by Crippen LogP contribution is 2.32. The van der Waals surface area contributed by atoms with Crippen molar-refractivity contribution in [3.63, 3.8) is 0 Å². The number of amides is 2. The van der Waals surface area contributed by atoms with E-state index >= 15 is 0 Å². The van der Waals surface area contributed by atoms with Gasteiger partial charge in [0, 0.05) is 6.54 Å². The molecule has 1 aliphatic rings. The summed E-state index contributed by atoms with van der Waals surface area (Å²) in [6.07, 6.45) is 2.52. The van der Waals surface area contributed by atoms with Crippen LogP contribution in [-0.4, -0.2) is 37.2 Å². The van der Waals surface area contributed by atoms with Gasteiger partial charge in [-0.3, -0.25) is 9.59 Å². The standard InChI is InChI=1S/C33H29N3O4S/c1-39-29-20-24(12-17-28(29)40-22-31(37)34-19-18-23-8-4-2-5-9-23)21-30-32(38)36-33(41-30)35-27-15-13-26(14-16-27)25-10-6-3-7-11-25/h2-17,20-21H,18-19,22H2,1H3,(H,34,37)(H,35,36,38)/b30-21+. The number of carbonyl (C=O) groups is 2. The smallest absolute Gasteiger partial charge is 0.264 e. The molecule has 0 saturated carbocycles. The number of methoxy groups -OCH3 is 1. The van der Waals surface area contributed by atoms with E-state index in [4.69, 9.17) is 9.47 Å². The van der Waals surface area contributed by atoms with Gasteiger partial charge in [0.2, 0.25) is 0 Å². The van der Waals surface area contributed by atoms with Crippen molar-refractivity contribution in [3.05, 3.63) is 119 Å². The minimum absolute atomic E-state index is 0.129. The Balaban J connectivity index is 1.17. The van der Waals surface area contributed by atoms with Crippen LogP contribution in [0.3, 0.4) is 0 Å². The second kappa shape index (κ2) is 13.5. The minimum Gasteiger partial charge on any atom is -0.493 e. The van der Waals surface area contributed by atoms with Gasteiger partial charge in [-0.25, -0.2) is 4.99 Å². The van der Waals surface area contributed by atoms with Crippen molar-refractivity contribution in [1.82, 2.24) is 10.6 Å². The van der Waals surface area contributed by atoms with Crippen molar-refractivity contribution in [1.29, 1.82) is 0 Å². The zero-order valence-electron chi connectivity index (χ0n) is 22.5. The molecule has 1 fully saturated rings. The molecule has 2 N–H and O–H groups in total. The predicted molar refractivity (Wildman–Crippen MR) is 164 cm³/mol. The summed E-state index contributed by atoms with van der Waals surface area (Å²) in [7, 11) is 1.53. The lowest BCUT2D eigenvalue weighted by atomic mass is 10.1. The van der Waals surface area contributed by atoms with Crippen LogP contribution in [-0.2, 0) is 16.0 Å². The molecule has 0 bridgehead atoms. The maximum absolute atomic E-state index is 12.6. The van der Waals surface area contributed by atoms with E-state index < -0.39 is 0 Å². The maximum atomic E-state index is 12.6. The summed E-state index contributed by atoms with van der Waals surface area (Å²) < 4.78 is 11.2. The van der Waals surface area contributed by atoms with Gasteiger partial charge in [-0.2, -0.15) is 0 Å². The van der Waals surface area contributed by atoms with E-state index in [9.17, 15) is 9.59 Å². The molecular weight excluding hydrogens is 534 g/mol. The normalized spacial score (nSPS) is 14.6. The molecule has 7 nitrogen and oxygen atoms in total. The highest BCUT2D eigenvalue weighted by molar-refractivity contribution is 8.18. The highest BCUT2D eigenvalue weighted by atomic mass is 32.2. The highest BCUT2D eigenvalue weighted by Gasteiger charge is 2.24. The van der Waals surface area contributed by atoms with Crippen molar-refractivity contribution >= 4 is 40.5 Å². The molecule has 1 heterocycles. The van der Waals surface area contributed by atoms with Crippen LogP contribution in [0.5, 0.6) is 11.5 Å². The molecule has 2 amide bonds. The van der Waals surface area contributed by atoms with Crippen LogP contribution in [0, 0.1) is 0 Å². The number of thioether (sulfide) groups is 1. The summed E-state index contributed by atoms with van der Waals surface area (Å²) in [5, 5.41) is 6.20. The third-order valence-electron chi connectivity index (χ3n) is 6.28. The summed E-state index contributed by atoms with van der Waals surface area (Å²) in [6, 6.07) is 33.3. The molecule has 8 heteroatoms. The first-order valence-corrected chi connectivity index (χ1v) is 14.0. The SMILES string of the molecule is COc1cc(/C=C2/SC(=Nc3ccc(-c4ccccc4)cc3)NC2=O)ccc1OCC(=O)NCCc1ccccc1. The zero-order chi connectivity index (χ0) is 28.4. The van der Waals surface area contributed by atoms with Crippen molar-refractivity contribution in [3.8, 4) is 22.6 Å². The Bertz CT molecular complexity index is 1570. The lowest BCUT2D eigenvalue weighted by Gasteiger charge is -2.11. The van der Waals surface area contributed by atoms with E-state index in [1.54, 1.807) is 18.2 Å². The molecule has 0 atom stereocenters. The van der Waals surface area contributed by atoms with Crippen molar-refractivity contribution < 1.29 is 19.1 Å². The van der Waals surface area contributed by atoms with Gasteiger partial charge >= 0.3 is 0 Å². The van der Waals surface area contributed by atoms with Gasteiger partial charge in [-0.15, -0.1) is 0 Å². The van der Waals surface area contributed by atoms with Crippen molar-refractivity contribution in [2.24, 2.45) is 4.99 Å². The molecule has 0 aromatic heterocycles. The third kappa shape index (κ3) is 7.64. The average Bonchev–Trinajstić information content (AvgIpc) is 3.35. The Morgan fingerprint density at radius 1 is 0.902 bits per heavy atom. The number of hydrogen-bond donors (Lipinski definition) is 2. The predicted octanol–water partition coefficient (Wildman–Crippen LogP) is 5.99. The van der Waals surface area contributed by atoms with Gasteiger partial charge in [0.1, 0.15) is 0 Å². The molecule has 4 aromatic rings. The summed E-state index contributed by atoms with van der Waals surface area (Å²) in [4.78, 5) is 29.9. The van der Waals surface area contributed by atoms with E-state index in [1.807, 2.05) is 78.9 Å². The van der Waals surface area contributed by atoms with Gasteiger partial charge in [-0.1, -0.05) is 78.9 Å². The molecule has 0 unspecified atom stereocenters. The number of carbonyl (C=O) groups excluding carboxylic acids is 2. The third-order valence-corrected chi connectivity index (χ3v) is 7.19. The Labute approximate surface area is 243 Å². The van der Waals surface area contributed by atoms with Crippen LogP contribution in [0.25, 0.3) is 17.2 Å². The summed E-state index contributed by atoms with van der Waals surface area (Å²) in [5.41, 5.74) is 4.90. The van der Waals surface area contributed by atoms with Gasteiger partial charge in [-0.05, 0) is 70.8 Å². The number of nitrogens with zero attached hydrogens (tertiary/aromatic N) is 1. The van der Waals surface area contributed by atoms with Gasteiger partial charge in [0.05, 0.1) is 17.7 Å². The molecule has 206 valence electrons. The first-order chi connectivity index (χ1) is 20.1. The molecule has 1 aliphatic heterocycles. The van der Waals surface area contributed by atoms with Crippen LogP contribution in [0.15, 0.2) is 113 Å². The van der Waals surface area contributed by atoms with Crippen molar-refractivity contribution in [2.45, 2.75) is 6.42 Å².